The zero-order chi connectivity index (χ0) is 18.8. The largest absolute Gasteiger partial charge is 0.383 e. The molecule has 2 amide bonds. The topological polar surface area (TPSA) is 115 Å². The third kappa shape index (κ3) is 3.82. The molecule has 0 unspecified atom stereocenters. The number of nitrogen functional groups attached to an aromatic ring is 1. The smallest absolute Gasteiger partial charge is 0.263 e. The number of para-hydroxylation sites is 1. The second-order valence-electron chi connectivity index (χ2n) is 6.24. The molecule has 9 heteroatoms. The Kier molecular flexibility index (Phi) is 4.59. The number of nitrogens with zero attached hydrogens (tertiary/aromatic N) is 3. The molecule has 8 nitrogen and oxygen atoms in total. The highest BCUT2D eigenvalue weighted by Crippen LogP contribution is 2.21. The number of hydrogen-bond acceptors (Lipinski definition) is 6. The molecule has 0 saturated heterocycles. The summed E-state index contributed by atoms with van der Waals surface area (Å²) in [5.74, 6) is -0.183. The summed E-state index contributed by atoms with van der Waals surface area (Å²) in [4.78, 5) is 29.2. The van der Waals surface area contributed by atoms with Crippen LogP contribution in [0.25, 0.3) is 5.69 Å². The molecule has 2 heterocycles. The lowest BCUT2D eigenvalue weighted by atomic mass is 10.3. The van der Waals surface area contributed by atoms with E-state index in [1.54, 1.807) is 0 Å². The molecule has 27 heavy (non-hydrogen) atoms. The van der Waals surface area contributed by atoms with Gasteiger partial charge in [-0.2, -0.15) is 5.10 Å². The third-order valence-electron chi connectivity index (χ3n) is 4.14. The molecule has 4 N–H and O–H groups in total. The van der Waals surface area contributed by atoms with Gasteiger partial charge in [0.05, 0.1) is 24.6 Å². The van der Waals surface area contributed by atoms with E-state index in [0.717, 1.165) is 18.5 Å². The number of amides is 2. The molecule has 0 atom stereocenters. The highest BCUT2D eigenvalue weighted by Gasteiger charge is 2.24. The van der Waals surface area contributed by atoms with E-state index in [0.29, 0.717) is 21.5 Å². The number of anilines is 1. The maximum atomic E-state index is 12.4. The number of nitrogens with two attached hydrogens (primary N) is 1. The van der Waals surface area contributed by atoms with Gasteiger partial charge in [0, 0.05) is 6.04 Å². The van der Waals surface area contributed by atoms with Gasteiger partial charge in [0.25, 0.3) is 11.8 Å². The lowest BCUT2D eigenvalue weighted by molar-refractivity contribution is 0.0945. The molecule has 2 aromatic heterocycles. The Morgan fingerprint density at radius 3 is 2.70 bits per heavy atom. The molecule has 0 aliphatic heterocycles. The van der Waals surface area contributed by atoms with Crippen LogP contribution in [0, 0.1) is 0 Å². The predicted octanol–water partition coefficient (Wildman–Crippen LogP) is 1.73. The maximum absolute atomic E-state index is 12.4. The molecule has 1 aliphatic rings. The highest BCUT2D eigenvalue weighted by atomic mass is 32.1. The molecular weight excluding hydrogens is 364 g/mol. The minimum atomic E-state index is -0.339. The average Bonchev–Trinajstić information content (AvgIpc) is 3.22. The SMILES string of the molecule is Nc1c(C(=O)NCc2ncc(C(=O)NC3CC3)s2)cnn1-c1ccccc1. The fourth-order valence-corrected chi connectivity index (χ4v) is 3.30. The Bertz CT molecular complexity index is 977. The number of rotatable bonds is 6. The molecule has 1 aromatic carbocycles. The van der Waals surface area contributed by atoms with Crippen LogP contribution < -0.4 is 16.4 Å². The van der Waals surface area contributed by atoms with Crippen molar-refractivity contribution >= 4 is 29.0 Å². The van der Waals surface area contributed by atoms with Gasteiger partial charge in [-0.1, -0.05) is 18.2 Å². The molecule has 138 valence electrons. The van der Waals surface area contributed by atoms with Crippen LogP contribution in [-0.2, 0) is 6.54 Å². The number of thiazole rings is 1. The Balaban J connectivity index is 1.39. The molecule has 3 aromatic rings. The van der Waals surface area contributed by atoms with Gasteiger partial charge in [-0.3, -0.25) is 9.59 Å². The lowest BCUT2D eigenvalue weighted by Crippen LogP contribution is -2.24. The van der Waals surface area contributed by atoms with Gasteiger partial charge >= 0.3 is 0 Å². The predicted molar refractivity (Wildman–Crippen MR) is 102 cm³/mol. The summed E-state index contributed by atoms with van der Waals surface area (Å²) >= 11 is 1.26. The summed E-state index contributed by atoms with van der Waals surface area (Å²) in [5.41, 5.74) is 7.15. The molecule has 4 rings (SSSR count). The maximum Gasteiger partial charge on any atom is 0.263 e. The Hall–Kier alpha value is -3.20. The van der Waals surface area contributed by atoms with E-state index >= 15 is 0 Å². The van der Waals surface area contributed by atoms with Crippen LogP contribution in [0.1, 0.15) is 37.9 Å². The van der Waals surface area contributed by atoms with Crippen molar-refractivity contribution in [2.75, 3.05) is 5.73 Å². The summed E-state index contributed by atoms with van der Waals surface area (Å²) in [6.45, 7) is 0.218. The Morgan fingerprint density at radius 1 is 1.19 bits per heavy atom. The van der Waals surface area contributed by atoms with Crippen molar-refractivity contribution < 1.29 is 9.59 Å². The van der Waals surface area contributed by atoms with E-state index in [4.69, 9.17) is 5.73 Å². The number of carbonyl (C=O) groups is 2. The quantitative estimate of drug-likeness (QED) is 0.601. The Labute approximate surface area is 159 Å². The van der Waals surface area contributed by atoms with Crippen LogP contribution >= 0.6 is 11.3 Å². The van der Waals surface area contributed by atoms with Crippen molar-refractivity contribution in [3.63, 3.8) is 0 Å². The summed E-state index contributed by atoms with van der Waals surface area (Å²) in [6, 6.07) is 9.64. The van der Waals surface area contributed by atoms with Crippen molar-refractivity contribution in [3.8, 4) is 5.69 Å². The molecule has 1 saturated carbocycles. The first-order valence-corrected chi connectivity index (χ1v) is 9.36. The average molecular weight is 382 g/mol. The first-order chi connectivity index (χ1) is 13.1. The molecule has 1 aliphatic carbocycles. The van der Waals surface area contributed by atoms with Crippen LogP contribution in [0.2, 0.25) is 0 Å². The second-order valence-corrected chi connectivity index (χ2v) is 7.35. The number of carbonyl (C=O) groups excluding carboxylic acids is 2. The van der Waals surface area contributed by atoms with E-state index in [9.17, 15) is 9.59 Å². The molecule has 0 bridgehead atoms. The van der Waals surface area contributed by atoms with Crippen molar-refractivity contribution in [3.05, 3.63) is 58.2 Å². The minimum Gasteiger partial charge on any atom is -0.383 e. The van der Waals surface area contributed by atoms with Crippen LogP contribution in [0.4, 0.5) is 5.82 Å². The fourth-order valence-electron chi connectivity index (χ4n) is 2.54. The summed E-state index contributed by atoms with van der Waals surface area (Å²) in [6.07, 6.45) is 5.04. The Morgan fingerprint density at radius 2 is 1.96 bits per heavy atom. The van der Waals surface area contributed by atoms with Gasteiger partial charge < -0.3 is 16.4 Å². The van der Waals surface area contributed by atoms with Crippen molar-refractivity contribution in [2.24, 2.45) is 0 Å². The van der Waals surface area contributed by atoms with Gasteiger partial charge in [0.15, 0.2) is 0 Å². The van der Waals surface area contributed by atoms with E-state index in [2.05, 4.69) is 20.7 Å². The first kappa shape index (κ1) is 17.2. The number of hydrogen-bond donors (Lipinski definition) is 3. The molecular formula is C18H18N6O2S. The first-order valence-electron chi connectivity index (χ1n) is 8.54. The summed E-state index contributed by atoms with van der Waals surface area (Å²) in [5, 5.41) is 10.5. The lowest BCUT2D eigenvalue weighted by Gasteiger charge is -2.05. The molecule has 1 fully saturated rings. The van der Waals surface area contributed by atoms with E-state index in [1.807, 2.05) is 30.3 Å². The normalized spacial score (nSPS) is 13.3. The van der Waals surface area contributed by atoms with Crippen molar-refractivity contribution in [1.82, 2.24) is 25.4 Å². The number of aromatic nitrogens is 3. The highest BCUT2D eigenvalue weighted by molar-refractivity contribution is 7.13. The van der Waals surface area contributed by atoms with E-state index < -0.39 is 0 Å². The van der Waals surface area contributed by atoms with E-state index in [1.165, 1.54) is 28.4 Å². The van der Waals surface area contributed by atoms with Crippen LogP contribution in [0.5, 0.6) is 0 Å². The number of benzene rings is 1. The second kappa shape index (κ2) is 7.20. The molecule has 0 radical (unpaired) electrons. The van der Waals surface area contributed by atoms with Crippen LogP contribution in [-0.4, -0.2) is 32.6 Å². The third-order valence-corrected chi connectivity index (χ3v) is 5.14. The van der Waals surface area contributed by atoms with Gasteiger partial charge in [0.2, 0.25) is 0 Å². The number of nitrogens with one attached hydrogen (secondary N) is 2. The van der Waals surface area contributed by atoms with Gasteiger partial charge in [-0.25, -0.2) is 9.67 Å². The van der Waals surface area contributed by atoms with Crippen molar-refractivity contribution in [2.45, 2.75) is 25.4 Å². The van der Waals surface area contributed by atoms with Gasteiger partial charge in [0.1, 0.15) is 21.3 Å². The summed E-state index contributed by atoms with van der Waals surface area (Å²) in [7, 11) is 0. The fraction of sp³-hybridized carbons (Fsp3) is 0.222. The van der Waals surface area contributed by atoms with Crippen LogP contribution in [0.15, 0.2) is 42.7 Å². The zero-order valence-electron chi connectivity index (χ0n) is 14.4. The van der Waals surface area contributed by atoms with Gasteiger partial charge in [-0.05, 0) is 25.0 Å². The summed E-state index contributed by atoms with van der Waals surface area (Å²) < 4.78 is 1.51. The van der Waals surface area contributed by atoms with Gasteiger partial charge in [-0.15, -0.1) is 11.3 Å². The van der Waals surface area contributed by atoms with Crippen molar-refractivity contribution in [1.29, 1.82) is 0 Å². The zero-order valence-corrected chi connectivity index (χ0v) is 15.2. The minimum absolute atomic E-state index is 0.110. The monoisotopic (exact) mass is 382 g/mol. The molecule has 0 spiro atoms. The van der Waals surface area contributed by atoms with E-state index in [-0.39, 0.29) is 24.2 Å². The van der Waals surface area contributed by atoms with Crippen LogP contribution in [0.3, 0.4) is 0 Å². The standard InChI is InChI=1S/C18H18N6O2S/c19-16-13(8-22-24(16)12-4-2-1-3-5-12)17(25)21-10-15-20-9-14(27-15)18(26)23-11-6-7-11/h1-5,8-9,11H,6-7,10,19H2,(H,21,25)(H,23,26).